The van der Waals surface area contributed by atoms with Gasteiger partial charge in [-0.1, -0.05) is 0 Å². The van der Waals surface area contributed by atoms with E-state index < -0.39 is 11.6 Å². The van der Waals surface area contributed by atoms with Crippen molar-refractivity contribution in [1.29, 1.82) is 0 Å². The minimum absolute atomic E-state index is 0.145. The zero-order chi connectivity index (χ0) is 11.6. The molecule has 1 aromatic rings. The van der Waals surface area contributed by atoms with Gasteiger partial charge in [-0.25, -0.2) is 0 Å². The van der Waals surface area contributed by atoms with Crippen LogP contribution in [0.25, 0.3) is 0 Å². The number of carbonyl (C=O) groups is 1. The molecule has 0 saturated heterocycles. The molecule has 0 heterocycles. The zero-order valence-electron chi connectivity index (χ0n) is 6.94. The number of halogens is 5. The first-order valence-electron chi connectivity index (χ1n) is 3.55. The molecule has 0 atom stereocenters. The van der Waals surface area contributed by atoms with E-state index in [4.69, 9.17) is 11.6 Å². The molecule has 0 amide bonds. The van der Waals surface area contributed by atoms with Crippen molar-refractivity contribution >= 4 is 39.4 Å². The van der Waals surface area contributed by atoms with Gasteiger partial charge in [0.2, 0.25) is 0 Å². The Morgan fingerprint density at radius 3 is 2.40 bits per heavy atom. The molecule has 1 aromatic carbocycles. The first kappa shape index (κ1) is 12.6. The van der Waals surface area contributed by atoms with Crippen LogP contribution in [0.15, 0.2) is 18.2 Å². The molecule has 0 aromatic heterocycles. The molecular weight excluding hydrogens is 347 g/mol. The highest BCUT2D eigenvalue weighted by molar-refractivity contribution is 14.1. The fraction of sp³-hybridized carbons (Fsp3) is 0.125. The zero-order valence-corrected chi connectivity index (χ0v) is 9.85. The molecule has 0 spiro atoms. The van der Waals surface area contributed by atoms with Gasteiger partial charge in [0, 0.05) is 9.13 Å². The molecule has 15 heavy (non-hydrogen) atoms. The van der Waals surface area contributed by atoms with Gasteiger partial charge in [-0.05, 0) is 52.4 Å². The van der Waals surface area contributed by atoms with E-state index in [0.717, 1.165) is 12.1 Å². The number of alkyl halides is 3. The number of ether oxygens (including phenoxy) is 1. The normalized spacial score (nSPS) is 11.3. The van der Waals surface area contributed by atoms with Gasteiger partial charge < -0.3 is 4.74 Å². The third-order valence-electron chi connectivity index (χ3n) is 1.39. The van der Waals surface area contributed by atoms with Crippen molar-refractivity contribution in [1.82, 2.24) is 0 Å². The summed E-state index contributed by atoms with van der Waals surface area (Å²) in [7, 11) is 0. The summed E-state index contributed by atoms with van der Waals surface area (Å²) in [5, 5.41) is -0.724. The quantitative estimate of drug-likeness (QED) is 0.602. The van der Waals surface area contributed by atoms with Gasteiger partial charge in [-0.15, -0.1) is 13.2 Å². The van der Waals surface area contributed by atoms with Gasteiger partial charge in [-0.2, -0.15) is 0 Å². The number of benzene rings is 1. The third-order valence-corrected chi connectivity index (χ3v) is 2.48. The Balaban J connectivity index is 2.97. The van der Waals surface area contributed by atoms with Gasteiger partial charge in [0.15, 0.2) is 0 Å². The van der Waals surface area contributed by atoms with E-state index in [1.807, 2.05) is 0 Å². The molecule has 0 N–H and O–H groups in total. The summed E-state index contributed by atoms with van der Waals surface area (Å²) in [5.41, 5.74) is 0.145. The van der Waals surface area contributed by atoms with E-state index in [1.54, 1.807) is 22.6 Å². The van der Waals surface area contributed by atoms with E-state index in [0.29, 0.717) is 3.57 Å². The fourth-order valence-corrected chi connectivity index (χ4v) is 1.91. The van der Waals surface area contributed by atoms with Crippen LogP contribution in [0, 0.1) is 3.57 Å². The lowest BCUT2D eigenvalue weighted by molar-refractivity contribution is -0.274. The van der Waals surface area contributed by atoms with E-state index in [9.17, 15) is 18.0 Å². The summed E-state index contributed by atoms with van der Waals surface area (Å²) in [5.74, 6) is -0.381. The molecule has 0 aliphatic carbocycles. The van der Waals surface area contributed by atoms with Crippen LogP contribution in [0.1, 0.15) is 10.4 Å². The molecule has 0 fully saturated rings. The van der Waals surface area contributed by atoms with Crippen molar-refractivity contribution in [3.8, 4) is 5.75 Å². The van der Waals surface area contributed by atoms with Crippen LogP contribution in [0.5, 0.6) is 5.75 Å². The molecule has 0 radical (unpaired) electrons. The fourth-order valence-electron chi connectivity index (χ4n) is 0.852. The minimum atomic E-state index is -4.74. The summed E-state index contributed by atoms with van der Waals surface area (Å²) in [6.45, 7) is 0. The Morgan fingerprint density at radius 1 is 1.40 bits per heavy atom. The molecule has 0 aliphatic heterocycles. The van der Waals surface area contributed by atoms with Crippen LogP contribution < -0.4 is 4.74 Å². The molecule has 7 heteroatoms. The number of hydrogen-bond acceptors (Lipinski definition) is 2. The summed E-state index contributed by atoms with van der Waals surface area (Å²) >= 11 is 6.89. The molecule has 0 unspecified atom stereocenters. The van der Waals surface area contributed by atoms with Gasteiger partial charge in [0.25, 0.3) is 5.24 Å². The Bertz CT molecular complexity index is 392. The second-order valence-electron chi connectivity index (χ2n) is 2.46. The van der Waals surface area contributed by atoms with Gasteiger partial charge >= 0.3 is 6.36 Å². The van der Waals surface area contributed by atoms with Crippen molar-refractivity contribution in [3.63, 3.8) is 0 Å². The van der Waals surface area contributed by atoms with Crippen molar-refractivity contribution in [2.24, 2.45) is 0 Å². The van der Waals surface area contributed by atoms with E-state index in [1.165, 1.54) is 6.07 Å². The average molecular weight is 350 g/mol. The minimum Gasteiger partial charge on any atom is -0.406 e. The maximum absolute atomic E-state index is 11.8. The second-order valence-corrected chi connectivity index (χ2v) is 3.97. The highest BCUT2D eigenvalue weighted by Gasteiger charge is 2.31. The highest BCUT2D eigenvalue weighted by atomic mass is 127. The van der Waals surface area contributed by atoms with Crippen molar-refractivity contribution in [2.45, 2.75) is 6.36 Å². The molecule has 0 saturated carbocycles. The van der Waals surface area contributed by atoms with Crippen LogP contribution >= 0.6 is 34.2 Å². The summed E-state index contributed by atoms with van der Waals surface area (Å²) in [6.07, 6.45) is -4.74. The Kier molecular flexibility index (Phi) is 3.82. The van der Waals surface area contributed by atoms with E-state index in [2.05, 4.69) is 4.74 Å². The largest absolute Gasteiger partial charge is 0.573 e. The highest BCUT2D eigenvalue weighted by Crippen LogP contribution is 2.26. The lowest BCUT2D eigenvalue weighted by Crippen LogP contribution is -2.17. The van der Waals surface area contributed by atoms with E-state index >= 15 is 0 Å². The van der Waals surface area contributed by atoms with Crippen LogP contribution in [0.4, 0.5) is 13.2 Å². The maximum atomic E-state index is 11.8. The van der Waals surface area contributed by atoms with Crippen LogP contribution in [-0.2, 0) is 0 Å². The summed E-state index contributed by atoms with van der Waals surface area (Å²) < 4.78 is 39.4. The van der Waals surface area contributed by atoms with Crippen molar-refractivity contribution < 1.29 is 22.7 Å². The predicted molar refractivity (Wildman–Crippen MR) is 56.0 cm³/mol. The Hall–Kier alpha value is -0.500. The lowest BCUT2D eigenvalue weighted by Gasteiger charge is -2.09. The monoisotopic (exact) mass is 350 g/mol. The van der Waals surface area contributed by atoms with Gasteiger partial charge in [-0.3, -0.25) is 4.79 Å². The second kappa shape index (κ2) is 4.56. The predicted octanol–water partition coefficient (Wildman–Crippen LogP) is 3.57. The van der Waals surface area contributed by atoms with Gasteiger partial charge in [0.05, 0.1) is 0 Å². The molecule has 82 valence electrons. The smallest absolute Gasteiger partial charge is 0.406 e. The molecule has 1 rings (SSSR count). The lowest BCUT2D eigenvalue weighted by atomic mass is 10.2. The SMILES string of the molecule is O=C(Cl)c1ccc(OC(F)(F)F)cc1I. The first-order chi connectivity index (χ1) is 6.79. The Morgan fingerprint density at radius 2 is 2.00 bits per heavy atom. The summed E-state index contributed by atoms with van der Waals surface area (Å²) in [6, 6.07) is 3.30. The average Bonchev–Trinajstić information content (AvgIpc) is 1.99. The van der Waals surface area contributed by atoms with Crippen LogP contribution in [0.2, 0.25) is 0 Å². The van der Waals surface area contributed by atoms with E-state index in [-0.39, 0.29) is 11.3 Å². The van der Waals surface area contributed by atoms with Crippen molar-refractivity contribution in [2.75, 3.05) is 0 Å². The van der Waals surface area contributed by atoms with Crippen LogP contribution in [-0.4, -0.2) is 11.6 Å². The Labute approximate surface area is 101 Å². The topological polar surface area (TPSA) is 26.3 Å². The summed E-state index contributed by atoms with van der Waals surface area (Å²) in [4.78, 5) is 10.8. The third kappa shape index (κ3) is 3.86. The molecule has 0 bridgehead atoms. The number of hydrogen-bond donors (Lipinski definition) is 0. The molecular formula is C8H3ClF3IO2. The maximum Gasteiger partial charge on any atom is 0.573 e. The number of rotatable bonds is 2. The number of carbonyl (C=O) groups excluding carboxylic acids is 1. The van der Waals surface area contributed by atoms with Gasteiger partial charge in [0.1, 0.15) is 5.75 Å². The van der Waals surface area contributed by atoms with Crippen LogP contribution in [0.3, 0.4) is 0 Å². The standard InChI is InChI=1S/C8H3ClF3IO2/c9-7(14)5-2-1-4(3-6(5)13)15-8(10,11)12/h1-3H. The van der Waals surface area contributed by atoms with Crippen molar-refractivity contribution in [3.05, 3.63) is 27.3 Å². The molecule has 2 nitrogen and oxygen atoms in total. The molecule has 0 aliphatic rings. The first-order valence-corrected chi connectivity index (χ1v) is 5.00.